The fourth-order valence-electron chi connectivity index (χ4n) is 1.76. The van der Waals surface area contributed by atoms with Crippen molar-refractivity contribution in [3.63, 3.8) is 0 Å². The maximum Gasteiger partial charge on any atom is 0.435 e. The minimum atomic E-state index is -4.50. The van der Waals surface area contributed by atoms with Crippen LogP contribution in [0.1, 0.15) is 11.3 Å². The van der Waals surface area contributed by atoms with Crippen LogP contribution in [0.4, 0.5) is 24.0 Å². The van der Waals surface area contributed by atoms with E-state index in [-0.39, 0.29) is 0 Å². The van der Waals surface area contributed by atoms with E-state index >= 15 is 0 Å². The fraction of sp³-hybridized carbons (Fsp3) is 0.143. The van der Waals surface area contributed by atoms with Crippen molar-refractivity contribution in [3.8, 4) is 0 Å². The zero-order valence-electron chi connectivity index (χ0n) is 12.2. The summed E-state index contributed by atoms with van der Waals surface area (Å²) in [7, 11) is 0. The molecule has 2 aromatic heterocycles. The highest BCUT2D eigenvalue weighted by Gasteiger charge is 2.32. The number of anilines is 2. The number of halogens is 3. The Kier molecular flexibility index (Phi) is 4.67. The normalized spacial score (nSPS) is 11.5. The number of rotatable bonds is 4. The molecular weight excluding hydrogens is 359 g/mol. The minimum absolute atomic E-state index is 0.321. The lowest BCUT2D eigenvalue weighted by Crippen LogP contribution is -2.08. The molecule has 0 amide bonds. The summed E-state index contributed by atoms with van der Waals surface area (Å²) in [5, 5.41) is 18.7. The molecule has 5 nitrogen and oxygen atoms in total. The van der Waals surface area contributed by atoms with Crippen molar-refractivity contribution >= 4 is 33.9 Å². The van der Waals surface area contributed by atoms with Crippen molar-refractivity contribution in [3.05, 3.63) is 47.7 Å². The summed E-state index contributed by atoms with van der Waals surface area (Å²) in [5.41, 5.74) is 0.974. The maximum atomic E-state index is 12.4. The summed E-state index contributed by atoms with van der Waals surface area (Å²) < 4.78 is 37.9. The summed E-state index contributed by atoms with van der Waals surface area (Å²) in [5.74, 6) is 0. The summed E-state index contributed by atoms with van der Waals surface area (Å²) in [6, 6.07) is 9.93. The van der Waals surface area contributed by atoms with E-state index in [1.807, 2.05) is 31.2 Å². The Morgan fingerprint density at radius 3 is 2.54 bits per heavy atom. The molecule has 3 rings (SSSR count). The molecule has 0 aliphatic carbocycles. The van der Waals surface area contributed by atoms with Gasteiger partial charge in [-0.15, -0.1) is 20.4 Å². The average Bonchev–Trinajstić information content (AvgIpc) is 2.94. The third-order valence-electron chi connectivity index (χ3n) is 2.80. The van der Waals surface area contributed by atoms with Gasteiger partial charge in [-0.05, 0) is 48.5 Å². The van der Waals surface area contributed by atoms with Gasteiger partial charge in [0.05, 0.1) is 0 Å². The van der Waals surface area contributed by atoms with Gasteiger partial charge in [-0.1, -0.05) is 23.5 Å². The number of hydrogen-bond donors (Lipinski definition) is 1. The lowest BCUT2D eigenvalue weighted by Gasteiger charge is -2.04. The van der Waals surface area contributed by atoms with Crippen molar-refractivity contribution in [2.75, 3.05) is 5.32 Å². The topological polar surface area (TPSA) is 63.6 Å². The van der Waals surface area contributed by atoms with Crippen LogP contribution in [0.25, 0.3) is 0 Å². The van der Waals surface area contributed by atoms with Crippen LogP contribution in [0.5, 0.6) is 0 Å². The van der Waals surface area contributed by atoms with Crippen molar-refractivity contribution in [2.45, 2.75) is 22.5 Å². The number of benzene rings is 1. The van der Waals surface area contributed by atoms with E-state index in [4.69, 9.17) is 0 Å². The highest BCUT2D eigenvalue weighted by atomic mass is 32.2. The fourth-order valence-corrected chi connectivity index (χ4v) is 3.40. The number of alkyl halides is 3. The maximum absolute atomic E-state index is 12.4. The van der Waals surface area contributed by atoms with E-state index in [0.717, 1.165) is 29.1 Å². The zero-order chi connectivity index (χ0) is 17.2. The summed E-state index contributed by atoms with van der Waals surface area (Å²) in [6.45, 7) is 1.98. The van der Waals surface area contributed by atoms with Gasteiger partial charge >= 0.3 is 6.18 Å². The van der Waals surface area contributed by atoms with E-state index in [0.29, 0.717) is 14.5 Å². The standard InChI is InChI=1S/C14H10F3N5S2/c1-8-3-2-4-9(7-8)18-12-21-22-13(24-12)23-11-6-5-10(19-20-11)14(15,16)17/h2-7H,1H3,(H,18,21). The predicted molar refractivity (Wildman–Crippen MR) is 85.5 cm³/mol. The summed E-state index contributed by atoms with van der Waals surface area (Å²) >= 11 is 2.38. The van der Waals surface area contributed by atoms with Gasteiger partial charge in [0.1, 0.15) is 5.03 Å². The van der Waals surface area contributed by atoms with Gasteiger partial charge in [0.15, 0.2) is 10.0 Å². The third-order valence-corrected chi connectivity index (χ3v) is 4.61. The Morgan fingerprint density at radius 2 is 1.88 bits per heavy atom. The van der Waals surface area contributed by atoms with Gasteiger partial charge in [0.25, 0.3) is 0 Å². The first-order valence-corrected chi connectivity index (χ1v) is 8.29. The molecule has 0 unspecified atom stereocenters. The Hall–Kier alpha value is -2.20. The Bertz CT molecular complexity index is 833. The summed E-state index contributed by atoms with van der Waals surface area (Å²) in [6.07, 6.45) is -4.50. The Balaban J connectivity index is 1.68. The number of aryl methyl sites for hydroxylation is 1. The van der Waals surface area contributed by atoms with Gasteiger partial charge in [-0.3, -0.25) is 0 Å². The van der Waals surface area contributed by atoms with Crippen LogP contribution in [-0.2, 0) is 6.18 Å². The van der Waals surface area contributed by atoms with Crippen LogP contribution in [0.3, 0.4) is 0 Å². The van der Waals surface area contributed by atoms with E-state index in [1.54, 1.807) is 0 Å². The van der Waals surface area contributed by atoms with Gasteiger partial charge in [-0.25, -0.2) is 0 Å². The molecule has 0 saturated carbocycles. The number of hydrogen-bond acceptors (Lipinski definition) is 7. The molecule has 0 aliphatic heterocycles. The highest BCUT2D eigenvalue weighted by Crippen LogP contribution is 2.33. The first-order valence-electron chi connectivity index (χ1n) is 6.66. The predicted octanol–water partition coefficient (Wildman–Crippen LogP) is 4.55. The van der Waals surface area contributed by atoms with Crippen molar-refractivity contribution in [1.82, 2.24) is 20.4 Å². The largest absolute Gasteiger partial charge is 0.435 e. The van der Waals surface area contributed by atoms with Crippen LogP contribution in [0.2, 0.25) is 0 Å². The molecule has 124 valence electrons. The molecule has 2 heterocycles. The lowest BCUT2D eigenvalue weighted by molar-refractivity contribution is -0.141. The van der Waals surface area contributed by atoms with Crippen LogP contribution < -0.4 is 5.32 Å². The van der Waals surface area contributed by atoms with Crippen LogP contribution in [0, 0.1) is 6.92 Å². The lowest BCUT2D eigenvalue weighted by atomic mass is 10.2. The molecule has 0 spiro atoms. The van der Waals surface area contributed by atoms with Crippen LogP contribution >= 0.6 is 23.1 Å². The second-order valence-electron chi connectivity index (χ2n) is 4.72. The molecule has 3 aromatic rings. The second-order valence-corrected chi connectivity index (χ2v) is 6.97. The van der Waals surface area contributed by atoms with Gasteiger partial charge in [0.2, 0.25) is 5.13 Å². The summed E-state index contributed by atoms with van der Waals surface area (Å²) in [4.78, 5) is 0. The zero-order valence-corrected chi connectivity index (χ0v) is 13.8. The molecule has 0 aliphatic rings. The molecule has 0 bridgehead atoms. The molecule has 0 radical (unpaired) electrons. The van der Waals surface area contributed by atoms with Crippen LogP contribution in [-0.4, -0.2) is 20.4 Å². The Morgan fingerprint density at radius 1 is 1.04 bits per heavy atom. The molecular formula is C14H10F3N5S2. The number of aromatic nitrogens is 4. The molecule has 24 heavy (non-hydrogen) atoms. The second kappa shape index (κ2) is 6.73. The third kappa shape index (κ3) is 4.20. The Labute approximate surface area is 143 Å². The van der Waals surface area contributed by atoms with E-state index < -0.39 is 11.9 Å². The van der Waals surface area contributed by atoms with Gasteiger partial charge in [-0.2, -0.15) is 13.2 Å². The van der Waals surface area contributed by atoms with Crippen molar-refractivity contribution in [1.29, 1.82) is 0 Å². The molecule has 1 N–H and O–H groups in total. The first kappa shape index (κ1) is 16.7. The molecule has 10 heteroatoms. The van der Waals surface area contributed by atoms with E-state index in [1.165, 1.54) is 17.4 Å². The number of nitrogens with zero attached hydrogens (tertiary/aromatic N) is 4. The average molecular weight is 369 g/mol. The highest BCUT2D eigenvalue weighted by molar-refractivity contribution is 8.01. The molecule has 0 atom stereocenters. The molecule has 0 fully saturated rings. The van der Waals surface area contributed by atoms with E-state index in [9.17, 15) is 13.2 Å². The molecule has 1 aromatic carbocycles. The monoisotopic (exact) mass is 369 g/mol. The van der Waals surface area contributed by atoms with Crippen LogP contribution in [0.15, 0.2) is 45.8 Å². The minimum Gasteiger partial charge on any atom is -0.330 e. The first-order chi connectivity index (χ1) is 11.4. The SMILES string of the molecule is Cc1cccc(Nc2nnc(Sc3ccc(C(F)(F)F)nn3)s2)c1. The number of nitrogens with one attached hydrogen (secondary N) is 1. The van der Waals surface area contributed by atoms with E-state index in [2.05, 4.69) is 25.7 Å². The van der Waals surface area contributed by atoms with Gasteiger partial charge < -0.3 is 5.32 Å². The quantitative estimate of drug-likeness (QED) is 0.728. The van der Waals surface area contributed by atoms with Gasteiger partial charge in [0, 0.05) is 5.69 Å². The smallest absolute Gasteiger partial charge is 0.330 e. The van der Waals surface area contributed by atoms with Crippen molar-refractivity contribution in [2.24, 2.45) is 0 Å². The van der Waals surface area contributed by atoms with Crippen molar-refractivity contribution < 1.29 is 13.2 Å². The molecule has 0 saturated heterocycles.